The molecule has 0 aromatic rings. The largest absolute Gasteiger partial charge is 0.463 e. The highest BCUT2D eigenvalue weighted by Crippen LogP contribution is 2.40. The predicted molar refractivity (Wildman–Crippen MR) is 110 cm³/mol. The van der Waals surface area contributed by atoms with Gasteiger partial charge in [0.15, 0.2) is 12.6 Å². The lowest BCUT2D eigenvalue weighted by Crippen LogP contribution is -2.56. The van der Waals surface area contributed by atoms with Crippen molar-refractivity contribution in [2.45, 2.75) is 79.4 Å². The standard InChI is InChI=1S/C21H35BrO7/c1-10-11(2)17(8-22)27-20(13(10)4)29-21-14(5)12(3)19(26-16(7)24)18(28-21)9-25-15(6)23/h10-14,17-21H,8-9H2,1-7H3/t10-,11-,12?,13?,14+,17?,18?,19-,20+,21+/m0/s1. The average Bonchev–Trinajstić information content (AvgIpc) is 2.66. The van der Waals surface area contributed by atoms with Gasteiger partial charge >= 0.3 is 11.9 Å². The second-order valence-electron chi connectivity index (χ2n) is 8.55. The van der Waals surface area contributed by atoms with E-state index in [1.807, 2.05) is 13.8 Å². The van der Waals surface area contributed by atoms with Gasteiger partial charge in [-0.1, -0.05) is 50.5 Å². The molecule has 0 radical (unpaired) electrons. The fourth-order valence-electron chi connectivity index (χ4n) is 4.07. The van der Waals surface area contributed by atoms with Gasteiger partial charge in [0.2, 0.25) is 0 Å². The highest BCUT2D eigenvalue weighted by molar-refractivity contribution is 9.09. The third-order valence-electron chi connectivity index (χ3n) is 6.61. The number of carbonyl (C=O) groups is 2. The van der Waals surface area contributed by atoms with Crippen molar-refractivity contribution in [1.29, 1.82) is 0 Å². The minimum Gasteiger partial charge on any atom is -0.463 e. The molecule has 0 spiro atoms. The van der Waals surface area contributed by atoms with Crippen molar-refractivity contribution in [3.05, 3.63) is 0 Å². The lowest BCUT2D eigenvalue weighted by atomic mass is 9.79. The van der Waals surface area contributed by atoms with E-state index in [2.05, 4.69) is 36.7 Å². The number of halogens is 1. The summed E-state index contributed by atoms with van der Waals surface area (Å²) in [5, 5.41) is 0.742. The first-order valence-corrected chi connectivity index (χ1v) is 11.5. The van der Waals surface area contributed by atoms with E-state index in [-0.39, 0.29) is 30.5 Å². The van der Waals surface area contributed by atoms with Gasteiger partial charge in [0, 0.05) is 36.9 Å². The second-order valence-corrected chi connectivity index (χ2v) is 9.20. The van der Waals surface area contributed by atoms with E-state index >= 15 is 0 Å². The van der Waals surface area contributed by atoms with Crippen LogP contribution in [0.3, 0.4) is 0 Å². The molecule has 0 bridgehead atoms. The topological polar surface area (TPSA) is 80.3 Å². The molecule has 2 fully saturated rings. The molecule has 8 heteroatoms. The lowest BCUT2D eigenvalue weighted by Gasteiger charge is -2.48. The second kappa shape index (κ2) is 10.6. The van der Waals surface area contributed by atoms with Crippen LogP contribution >= 0.6 is 15.9 Å². The van der Waals surface area contributed by atoms with Gasteiger partial charge in [0.05, 0.1) is 6.10 Å². The number of ether oxygens (including phenoxy) is 5. The van der Waals surface area contributed by atoms with Gasteiger partial charge in [0.25, 0.3) is 0 Å². The summed E-state index contributed by atoms with van der Waals surface area (Å²) in [6.07, 6.45) is -2.00. The minimum atomic E-state index is -0.596. The first-order valence-electron chi connectivity index (χ1n) is 10.4. The molecule has 2 aliphatic rings. The first kappa shape index (κ1) is 24.6. The van der Waals surface area contributed by atoms with Crippen LogP contribution in [0.5, 0.6) is 0 Å². The van der Waals surface area contributed by atoms with Crippen LogP contribution in [-0.4, -0.2) is 54.8 Å². The highest BCUT2D eigenvalue weighted by atomic mass is 79.9. The molecule has 0 aromatic carbocycles. The van der Waals surface area contributed by atoms with E-state index in [0.29, 0.717) is 11.8 Å². The van der Waals surface area contributed by atoms with Crippen molar-refractivity contribution < 1.29 is 33.3 Å². The smallest absolute Gasteiger partial charge is 0.303 e. The third kappa shape index (κ3) is 5.93. The Labute approximate surface area is 182 Å². The molecule has 0 N–H and O–H groups in total. The first-order chi connectivity index (χ1) is 13.6. The quantitative estimate of drug-likeness (QED) is 0.426. The molecule has 2 heterocycles. The fraction of sp³-hybridized carbons (Fsp3) is 0.905. The van der Waals surface area contributed by atoms with Gasteiger partial charge in [-0.15, -0.1) is 0 Å². The molecule has 0 aliphatic carbocycles. The third-order valence-corrected chi connectivity index (χ3v) is 7.25. The molecule has 2 aliphatic heterocycles. The summed E-state index contributed by atoms with van der Waals surface area (Å²) in [6.45, 7) is 13.3. The SMILES string of the molecule is CC(=O)OCC1O[C@H](O[C@H]2OC(CBr)[C@@H](C)[C@H](C)C2C)[C@H](C)C(C)[C@@H]1OC(C)=O. The monoisotopic (exact) mass is 478 g/mol. The molecular weight excluding hydrogens is 444 g/mol. The Morgan fingerprint density at radius 2 is 1.34 bits per heavy atom. The maximum atomic E-state index is 11.6. The van der Waals surface area contributed by atoms with Crippen LogP contribution in [0.25, 0.3) is 0 Å². The summed E-state index contributed by atoms with van der Waals surface area (Å²) in [6, 6.07) is 0. The van der Waals surface area contributed by atoms with Crippen LogP contribution in [0.4, 0.5) is 0 Å². The normalized spacial score (nSPS) is 42.9. The predicted octanol–water partition coefficient (Wildman–Crippen LogP) is 3.52. The number of rotatable bonds is 6. The summed E-state index contributed by atoms with van der Waals surface area (Å²) in [5.41, 5.74) is 0. The molecule has 10 atom stereocenters. The van der Waals surface area contributed by atoms with Crippen molar-refractivity contribution in [3.63, 3.8) is 0 Å². The van der Waals surface area contributed by atoms with E-state index in [1.54, 1.807) is 0 Å². The zero-order chi connectivity index (χ0) is 21.9. The summed E-state index contributed by atoms with van der Waals surface area (Å²) < 4.78 is 29.3. The molecule has 29 heavy (non-hydrogen) atoms. The van der Waals surface area contributed by atoms with Crippen LogP contribution < -0.4 is 0 Å². The van der Waals surface area contributed by atoms with Crippen LogP contribution in [0, 0.1) is 29.6 Å². The Morgan fingerprint density at radius 1 is 0.793 bits per heavy atom. The lowest BCUT2D eigenvalue weighted by molar-refractivity contribution is -0.345. The Bertz CT molecular complexity index is 569. The van der Waals surface area contributed by atoms with E-state index in [9.17, 15) is 9.59 Å². The number of carbonyl (C=O) groups excluding carboxylic acids is 2. The number of alkyl halides is 1. The summed E-state index contributed by atoms with van der Waals surface area (Å²) >= 11 is 3.54. The Morgan fingerprint density at radius 3 is 1.86 bits per heavy atom. The summed E-state index contributed by atoms with van der Waals surface area (Å²) in [7, 11) is 0. The van der Waals surface area contributed by atoms with Crippen LogP contribution in [0.15, 0.2) is 0 Å². The molecule has 0 saturated carbocycles. The van der Waals surface area contributed by atoms with Gasteiger partial charge in [-0.05, 0) is 11.8 Å². The number of hydrogen-bond donors (Lipinski definition) is 0. The summed E-state index contributed by atoms with van der Waals surface area (Å²) in [4.78, 5) is 22.9. The average molecular weight is 479 g/mol. The van der Waals surface area contributed by atoms with Gasteiger partial charge in [-0.2, -0.15) is 0 Å². The molecule has 2 saturated heterocycles. The zero-order valence-corrected chi connectivity index (χ0v) is 20.0. The van der Waals surface area contributed by atoms with Crippen molar-refractivity contribution in [2.24, 2.45) is 29.6 Å². The van der Waals surface area contributed by atoms with Gasteiger partial charge in [-0.3, -0.25) is 9.59 Å². The van der Waals surface area contributed by atoms with E-state index in [0.717, 1.165) is 5.33 Å². The maximum Gasteiger partial charge on any atom is 0.303 e. The summed E-state index contributed by atoms with van der Waals surface area (Å²) in [5.74, 6) is 0.157. The molecule has 2 rings (SSSR count). The van der Waals surface area contributed by atoms with E-state index in [1.165, 1.54) is 13.8 Å². The minimum absolute atomic E-state index is 0.00272. The Kier molecular flexibility index (Phi) is 8.94. The van der Waals surface area contributed by atoms with Crippen molar-refractivity contribution in [2.75, 3.05) is 11.9 Å². The Hall–Kier alpha value is -0.700. The Balaban J connectivity index is 2.15. The molecular formula is C21H35BrO7. The van der Waals surface area contributed by atoms with E-state index < -0.39 is 36.7 Å². The van der Waals surface area contributed by atoms with Gasteiger partial charge in [-0.25, -0.2) is 0 Å². The molecule has 4 unspecified atom stereocenters. The molecule has 0 amide bonds. The van der Waals surface area contributed by atoms with Crippen LogP contribution in [0.2, 0.25) is 0 Å². The maximum absolute atomic E-state index is 11.6. The highest BCUT2D eigenvalue weighted by Gasteiger charge is 2.47. The van der Waals surface area contributed by atoms with Crippen molar-refractivity contribution >= 4 is 27.9 Å². The van der Waals surface area contributed by atoms with Gasteiger partial charge in [0.1, 0.15) is 18.8 Å². The van der Waals surface area contributed by atoms with Crippen molar-refractivity contribution in [3.8, 4) is 0 Å². The zero-order valence-electron chi connectivity index (χ0n) is 18.4. The van der Waals surface area contributed by atoms with Crippen molar-refractivity contribution in [1.82, 2.24) is 0 Å². The number of esters is 2. The van der Waals surface area contributed by atoms with Gasteiger partial charge < -0.3 is 23.7 Å². The molecule has 0 aromatic heterocycles. The van der Waals surface area contributed by atoms with Crippen LogP contribution in [0.1, 0.15) is 48.5 Å². The molecule has 7 nitrogen and oxygen atoms in total. The van der Waals surface area contributed by atoms with E-state index in [4.69, 9.17) is 23.7 Å². The van der Waals surface area contributed by atoms with Crippen LogP contribution in [-0.2, 0) is 33.3 Å². The molecule has 168 valence electrons. The number of hydrogen-bond acceptors (Lipinski definition) is 7. The fourth-order valence-corrected chi connectivity index (χ4v) is 4.82.